The molecule has 0 bridgehead atoms. The van der Waals surface area contributed by atoms with E-state index >= 15 is 0 Å². The van der Waals surface area contributed by atoms with Gasteiger partial charge in [0, 0.05) is 25.7 Å². The predicted molar refractivity (Wildman–Crippen MR) is 73.8 cm³/mol. The third-order valence-corrected chi connectivity index (χ3v) is 3.66. The maximum absolute atomic E-state index is 12.8. The third-order valence-electron chi connectivity index (χ3n) is 3.66. The van der Waals surface area contributed by atoms with E-state index in [4.69, 9.17) is 5.84 Å². The average molecular weight is 304 g/mol. The predicted octanol–water partition coefficient (Wildman–Crippen LogP) is 1.31. The molecule has 1 aliphatic heterocycles. The molecule has 3 N–H and O–H groups in total. The monoisotopic (exact) mass is 304 g/mol. The smallest absolute Gasteiger partial charge is 0.358 e. The Labute approximate surface area is 121 Å². The van der Waals surface area contributed by atoms with Crippen LogP contribution in [-0.4, -0.2) is 48.1 Å². The van der Waals surface area contributed by atoms with Crippen molar-refractivity contribution >= 4 is 11.6 Å². The van der Waals surface area contributed by atoms with Crippen molar-refractivity contribution in [2.75, 3.05) is 37.5 Å². The van der Waals surface area contributed by atoms with Gasteiger partial charge in [0.25, 0.3) is 0 Å². The summed E-state index contributed by atoms with van der Waals surface area (Å²) in [5, 5.41) is 0. The van der Waals surface area contributed by atoms with Crippen LogP contribution in [0.1, 0.15) is 18.7 Å². The molecule has 21 heavy (non-hydrogen) atoms. The quantitative estimate of drug-likeness (QED) is 0.646. The molecule has 1 fully saturated rings. The minimum atomic E-state index is -4.60. The average Bonchev–Trinajstić information content (AvgIpc) is 2.82. The van der Waals surface area contributed by atoms with Crippen LogP contribution in [0.15, 0.2) is 6.07 Å². The molecule has 1 aromatic heterocycles. The first-order valence-corrected chi connectivity index (χ1v) is 6.65. The summed E-state index contributed by atoms with van der Waals surface area (Å²) in [6, 6.07) is 1.72. The Hall–Kier alpha value is -1.61. The number of aromatic nitrogens is 2. The molecule has 0 radical (unpaired) electrons. The molecule has 1 saturated heterocycles. The van der Waals surface area contributed by atoms with Crippen LogP contribution in [0.25, 0.3) is 0 Å². The van der Waals surface area contributed by atoms with Crippen molar-refractivity contribution in [3.8, 4) is 0 Å². The van der Waals surface area contributed by atoms with E-state index in [1.165, 1.54) is 6.07 Å². The first-order valence-electron chi connectivity index (χ1n) is 6.65. The highest BCUT2D eigenvalue weighted by atomic mass is 19.4. The standard InChI is InChI=1S/C12H19F3N6/c1-20-5-3-4-8(20)7-21(2)10-6-9(19-16)17-11(18-10)12(13,14)15/h6,8H,3-5,7,16H2,1-2H3,(H,17,18,19). The summed E-state index contributed by atoms with van der Waals surface area (Å²) in [4.78, 5) is 10.8. The van der Waals surface area contributed by atoms with Gasteiger partial charge in [-0.25, -0.2) is 15.8 Å². The first-order chi connectivity index (χ1) is 9.81. The molecule has 1 aliphatic rings. The summed E-state index contributed by atoms with van der Waals surface area (Å²) in [6.07, 6.45) is -2.48. The maximum Gasteiger partial charge on any atom is 0.451 e. The second kappa shape index (κ2) is 6.02. The summed E-state index contributed by atoms with van der Waals surface area (Å²) < 4.78 is 38.4. The SMILES string of the molecule is CN(CC1CCCN1C)c1cc(NN)nc(C(F)(F)F)n1. The minimum Gasteiger partial charge on any atom is -0.358 e. The van der Waals surface area contributed by atoms with Gasteiger partial charge < -0.3 is 15.2 Å². The van der Waals surface area contributed by atoms with Crippen molar-refractivity contribution in [3.05, 3.63) is 11.9 Å². The van der Waals surface area contributed by atoms with Crippen LogP contribution in [-0.2, 0) is 6.18 Å². The zero-order chi connectivity index (χ0) is 15.6. The number of anilines is 2. The highest BCUT2D eigenvalue weighted by molar-refractivity contribution is 5.48. The number of likely N-dealkylation sites (tertiary alicyclic amines) is 1. The van der Waals surface area contributed by atoms with E-state index in [0.29, 0.717) is 12.6 Å². The third kappa shape index (κ3) is 3.73. The molecule has 0 aromatic carbocycles. The fourth-order valence-electron chi connectivity index (χ4n) is 2.45. The lowest BCUT2D eigenvalue weighted by Crippen LogP contribution is -2.37. The van der Waals surface area contributed by atoms with E-state index in [2.05, 4.69) is 20.3 Å². The molecule has 2 heterocycles. The second-order valence-corrected chi connectivity index (χ2v) is 5.23. The zero-order valence-electron chi connectivity index (χ0n) is 12.0. The van der Waals surface area contributed by atoms with Crippen molar-refractivity contribution in [1.82, 2.24) is 14.9 Å². The first kappa shape index (κ1) is 15.8. The van der Waals surface area contributed by atoms with Gasteiger partial charge >= 0.3 is 6.18 Å². The van der Waals surface area contributed by atoms with Gasteiger partial charge in [-0.2, -0.15) is 13.2 Å². The minimum absolute atomic E-state index is 0.0565. The Balaban J connectivity index is 2.21. The number of hydrogen-bond acceptors (Lipinski definition) is 6. The number of likely N-dealkylation sites (N-methyl/N-ethyl adjacent to an activating group) is 2. The van der Waals surface area contributed by atoms with Gasteiger partial charge in [-0.3, -0.25) is 0 Å². The Morgan fingerprint density at radius 2 is 2.19 bits per heavy atom. The Bertz CT molecular complexity index is 492. The van der Waals surface area contributed by atoms with Gasteiger partial charge in [-0.15, -0.1) is 0 Å². The van der Waals surface area contributed by atoms with Crippen LogP contribution < -0.4 is 16.2 Å². The zero-order valence-corrected chi connectivity index (χ0v) is 12.0. The van der Waals surface area contributed by atoms with Gasteiger partial charge in [0.05, 0.1) is 0 Å². The van der Waals surface area contributed by atoms with Gasteiger partial charge in [0.15, 0.2) is 0 Å². The van der Waals surface area contributed by atoms with Crippen LogP contribution >= 0.6 is 0 Å². The number of nitrogens with zero attached hydrogens (tertiary/aromatic N) is 4. The van der Waals surface area contributed by atoms with Crippen LogP contribution in [0.4, 0.5) is 24.8 Å². The van der Waals surface area contributed by atoms with E-state index in [-0.39, 0.29) is 11.6 Å². The molecular weight excluding hydrogens is 285 g/mol. The molecule has 9 heteroatoms. The molecule has 0 spiro atoms. The lowest BCUT2D eigenvalue weighted by atomic mass is 10.2. The van der Waals surface area contributed by atoms with Crippen LogP contribution in [0.2, 0.25) is 0 Å². The number of nitrogen functional groups attached to an aromatic ring is 1. The summed E-state index contributed by atoms with van der Waals surface area (Å²) >= 11 is 0. The fourth-order valence-corrected chi connectivity index (χ4v) is 2.45. The van der Waals surface area contributed by atoms with Gasteiger partial charge in [-0.1, -0.05) is 0 Å². The molecule has 1 aromatic rings. The summed E-state index contributed by atoms with van der Waals surface area (Å²) in [7, 11) is 3.73. The number of nitrogens with two attached hydrogens (primary N) is 1. The summed E-state index contributed by atoms with van der Waals surface area (Å²) in [6.45, 7) is 1.61. The Morgan fingerprint density at radius 1 is 1.48 bits per heavy atom. The number of rotatable bonds is 4. The van der Waals surface area contributed by atoms with Crippen molar-refractivity contribution in [1.29, 1.82) is 0 Å². The van der Waals surface area contributed by atoms with Crippen molar-refractivity contribution in [2.24, 2.45) is 5.84 Å². The lowest BCUT2D eigenvalue weighted by molar-refractivity contribution is -0.144. The molecule has 6 nitrogen and oxygen atoms in total. The summed E-state index contributed by atoms with van der Waals surface area (Å²) in [5.41, 5.74) is 2.15. The van der Waals surface area contributed by atoms with E-state index in [9.17, 15) is 13.2 Å². The number of nitrogens with one attached hydrogen (secondary N) is 1. The Kier molecular flexibility index (Phi) is 4.52. The summed E-state index contributed by atoms with van der Waals surface area (Å²) in [5.74, 6) is 4.13. The number of hydrazine groups is 1. The van der Waals surface area contributed by atoms with Crippen LogP contribution in [0, 0.1) is 0 Å². The molecule has 1 atom stereocenters. The highest BCUT2D eigenvalue weighted by Crippen LogP contribution is 2.29. The van der Waals surface area contributed by atoms with Crippen molar-refractivity contribution in [2.45, 2.75) is 25.1 Å². The van der Waals surface area contributed by atoms with E-state index in [1.807, 2.05) is 7.05 Å². The highest BCUT2D eigenvalue weighted by Gasteiger charge is 2.36. The maximum atomic E-state index is 12.8. The largest absolute Gasteiger partial charge is 0.451 e. The molecule has 0 saturated carbocycles. The van der Waals surface area contributed by atoms with Gasteiger partial charge in [-0.05, 0) is 26.4 Å². The molecule has 1 unspecified atom stereocenters. The van der Waals surface area contributed by atoms with Gasteiger partial charge in [0.2, 0.25) is 5.82 Å². The number of halogens is 3. The number of alkyl halides is 3. The normalized spacial score (nSPS) is 19.8. The van der Waals surface area contributed by atoms with Crippen LogP contribution in [0.3, 0.4) is 0 Å². The molecule has 0 aliphatic carbocycles. The van der Waals surface area contributed by atoms with Crippen LogP contribution in [0.5, 0.6) is 0 Å². The van der Waals surface area contributed by atoms with E-state index in [1.54, 1.807) is 11.9 Å². The second-order valence-electron chi connectivity index (χ2n) is 5.23. The Morgan fingerprint density at radius 3 is 2.71 bits per heavy atom. The van der Waals surface area contributed by atoms with Crippen molar-refractivity contribution < 1.29 is 13.2 Å². The van der Waals surface area contributed by atoms with E-state index in [0.717, 1.165) is 19.4 Å². The van der Waals surface area contributed by atoms with E-state index < -0.39 is 12.0 Å². The topological polar surface area (TPSA) is 70.3 Å². The molecular formula is C12H19F3N6. The molecule has 2 rings (SSSR count). The lowest BCUT2D eigenvalue weighted by Gasteiger charge is -2.27. The fraction of sp³-hybridized carbons (Fsp3) is 0.667. The molecule has 0 amide bonds. The number of hydrogen-bond donors (Lipinski definition) is 2. The van der Waals surface area contributed by atoms with Gasteiger partial charge in [0.1, 0.15) is 11.6 Å². The molecule has 118 valence electrons. The van der Waals surface area contributed by atoms with Crippen molar-refractivity contribution in [3.63, 3.8) is 0 Å².